The summed E-state index contributed by atoms with van der Waals surface area (Å²) >= 11 is 0.789. The Morgan fingerprint density at radius 3 is 1.69 bits per heavy atom. The number of azide groups is 2. The lowest BCUT2D eigenvalue weighted by Crippen LogP contribution is -2.66. The monoisotopic (exact) mass is 940 g/mol. The third-order valence-corrected chi connectivity index (χ3v) is 10.6. The number of thioether (sulfide) groups is 1. The maximum absolute atomic E-state index is 13.9. The van der Waals surface area contributed by atoms with Crippen LogP contribution >= 0.6 is 11.8 Å². The number of hydrogen-bond acceptors (Lipinski definition) is 23. The van der Waals surface area contributed by atoms with Crippen LogP contribution in [-0.4, -0.2) is 152 Å². The molecule has 1 aromatic rings. The normalized spacial score (nSPS) is 26.6. The third kappa shape index (κ3) is 14.4. The lowest BCUT2D eigenvalue weighted by Gasteiger charge is -2.48. The number of benzene rings is 1. The second-order valence-corrected chi connectivity index (χ2v) is 15.5. The molecule has 2 heterocycles. The molecule has 2 fully saturated rings. The molecule has 0 amide bonds. The van der Waals surface area contributed by atoms with Crippen LogP contribution in [0.25, 0.3) is 20.9 Å². The molecular weight excluding hydrogens is 893 g/mol. The number of esters is 8. The maximum atomic E-state index is 13.9. The van der Waals surface area contributed by atoms with Crippen molar-refractivity contribution in [2.75, 3.05) is 27.4 Å². The van der Waals surface area contributed by atoms with Crippen LogP contribution < -0.4 is 0 Å². The largest absolute Gasteiger partial charge is 0.466 e. The molecule has 0 unspecified atom stereocenters. The summed E-state index contributed by atoms with van der Waals surface area (Å²) in [6, 6.07) is 4.80. The van der Waals surface area contributed by atoms with Gasteiger partial charge in [0, 0.05) is 62.7 Å². The number of rotatable bonds is 20. The Kier molecular flexibility index (Phi) is 19.8. The molecule has 0 aliphatic carbocycles. The summed E-state index contributed by atoms with van der Waals surface area (Å²) in [5, 5.41) is 19.4. The Labute approximate surface area is 374 Å². The van der Waals surface area contributed by atoms with Crippen LogP contribution in [0.3, 0.4) is 0 Å². The van der Waals surface area contributed by atoms with E-state index in [1.165, 1.54) is 0 Å². The van der Waals surface area contributed by atoms with Crippen molar-refractivity contribution >= 4 is 59.5 Å². The molecule has 3 rings (SSSR count). The molecule has 0 aromatic heterocycles. The number of ether oxygens (including phenoxy) is 11. The van der Waals surface area contributed by atoms with Gasteiger partial charge in [0.1, 0.15) is 49.2 Å². The van der Waals surface area contributed by atoms with Crippen LogP contribution in [0.5, 0.6) is 0 Å². The molecule has 1 N–H and O–H groups in total. The summed E-state index contributed by atoms with van der Waals surface area (Å²) in [6.07, 6.45) is -16.5. The molecule has 0 saturated carbocycles. The van der Waals surface area contributed by atoms with Crippen LogP contribution in [0.4, 0.5) is 0 Å². The standard InChI is InChI=1S/C38H48N6O20S/c1-18(45)56-17-28(60-21(4)48)32(62-23(6)50)34-29(41-43-39)26(58-19(2)46)14-37(63-34,35(52)54-7)57-16-25(51)31(61-22(5)49)33-30(42-44-40)27(59-20(3)47)15-38(64-33,36(53)55-8)65-24-12-10-9-11-13-24/h9-13,25-34,51H,14-17H2,1-8H3/t25-,26+,27+,28-,29-,30-,31-,32-,33-,34-,37-,38-/m1/s1. The van der Waals surface area contributed by atoms with Crippen LogP contribution in [0.2, 0.25) is 0 Å². The number of carbonyl (C=O) groups excluding carboxylic acids is 8. The predicted octanol–water partition coefficient (Wildman–Crippen LogP) is 2.05. The van der Waals surface area contributed by atoms with Gasteiger partial charge >= 0.3 is 47.8 Å². The fraction of sp³-hybridized carbons (Fsp3) is 0.632. The lowest BCUT2D eigenvalue weighted by molar-refractivity contribution is -0.318. The molecule has 0 spiro atoms. The SMILES string of the molecule is COC(=O)[C@@]1(OC[C@@H](O)[C@@H](OC(C)=O)[C@@H]2O[C@](Sc3ccccc3)(C(=O)OC)C[C@H](OC(C)=O)[C@H]2N=[N+]=[N-])C[C@H](OC(C)=O)[C@@H](N=[N+]=[N-])[C@H]([C@H](OC(C)=O)[C@@H](COC(C)=O)OC(C)=O)O1. The summed E-state index contributed by atoms with van der Waals surface area (Å²) in [7, 11) is 1.92. The van der Waals surface area contributed by atoms with Gasteiger partial charge in [0.2, 0.25) is 4.93 Å². The van der Waals surface area contributed by atoms with Gasteiger partial charge in [-0.15, -0.1) is 0 Å². The van der Waals surface area contributed by atoms with Crippen LogP contribution in [0.15, 0.2) is 45.5 Å². The van der Waals surface area contributed by atoms with E-state index in [-0.39, 0.29) is 0 Å². The van der Waals surface area contributed by atoms with E-state index in [0.29, 0.717) is 4.90 Å². The van der Waals surface area contributed by atoms with Gasteiger partial charge in [-0.25, -0.2) is 9.59 Å². The van der Waals surface area contributed by atoms with Gasteiger partial charge in [0.15, 0.2) is 18.3 Å². The Bertz CT molecular complexity index is 2020. The molecule has 26 nitrogen and oxygen atoms in total. The van der Waals surface area contributed by atoms with Crippen molar-refractivity contribution in [2.24, 2.45) is 10.2 Å². The van der Waals surface area contributed by atoms with Gasteiger partial charge in [0.25, 0.3) is 5.79 Å². The molecule has 2 aliphatic rings. The lowest BCUT2D eigenvalue weighted by atomic mass is 9.88. The first-order valence-electron chi connectivity index (χ1n) is 19.3. The zero-order valence-electron chi connectivity index (χ0n) is 36.3. The van der Waals surface area contributed by atoms with E-state index in [2.05, 4.69) is 20.1 Å². The topological polar surface area (TPSA) is 356 Å². The van der Waals surface area contributed by atoms with E-state index in [9.17, 15) is 54.5 Å². The molecule has 0 bridgehead atoms. The molecule has 12 atom stereocenters. The van der Waals surface area contributed by atoms with Crippen LogP contribution in [0.1, 0.15) is 54.4 Å². The second-order valence-electron chi connectivity index (χ2n) is 14.1. The Morgan fingerprint density at radius 2 is 1.22 bits per heavy atom. The summed E-state index contributed by atoms with van der Waals surface area (Å²) < 4.78 is 60.9. The van der Waals surface area contributed by atoms with E-state index in [0.717, 1.165) is 67.5 Å². The van der Waals surface area contributed by atoms with Gasteiger partial charge in [-0.05, 0) is 23.2 Å². The molecular formula is C38H48N6O20S. The molecule has 65 heavy (non-hydrogen) atoms. The number of hydrogen-bond donors (Lipinski definition) is 1. The summed E-state index contributed by atoms with van der Waals surface area (Å²) in [4.78, 5) is 106. The predicted molar refractivity (Wildman–Crippen MR) is 213 cm³/mol. The Balaban J connectivity index is 2.26. The van der Waals surface area contributed by atoms with E-state index >= 15 is 0 Å². The van der Waals surface area contributed by atoms with Crippen LogP contribution in [-0.2, 0) is 90.5 Å². The zero-order valence-corrected chi connectivity index (χ0v) is 37.1. The zero-order chi connectivity index (χ0) is 48.6. The maximum Gasteiger partial charge on any atom is 0.366 e. The van der Waals surface area contributed by atoms with E-state index in [1.54, 1.807) is 30.3 Å². The minimum atomic E-state index is -2.87. The first kappa shape index (κ1) is 53.1. The van der Waals surface area contributed by atoms with Crippen molar-refractivity contribution in [3.63, 3.8) is 0 Å². The van der Waals surface area contributed by atoms with Crippen molar-refractivity contribution in [1.29, 1.82) is 0 Å². The van der Waals surface area contributed by atoms with Gasteiger partial charge in [0.05, 0.1) is 27.2 Å². The van der Waals surface area contributed by atoms with Crippen LogP contribution in [0, 0.1) is 0 Å². The number of aliphatic hydroxyl groups is 1. The Morgan fingerprint density at radius 1 is 0.708 bits per heavy atom. The van der Waals surface area contributed by atoms with E-state index < -0.39 is 145 Å². The molecule has 1 aromatic carbocycles. The molecule has 0 radical (unpaired) electrons. The highest BCUT2D eigenvalue weighted by Gasteiger charge is 2.61. The molecule has 27 heteroatoms. The average molecular weight is 941 g/mol. The average Bonchev–Trinajstić information content (AvgIpc) is 3.23. The van der Waals surface area contributed by atoms with Gasteiger partial charge in [-0.1, -0.05) is 40.2 Å². The summed E-state index contributed by atoms with van der Waals surface area (Å²) in [5.41, 5.74) is 19.3. The number of aliphatic hydroxyl groups excluding tert-OH is 1. The smallest absolute Gasteiger partial charge is 0.366 e. The van der Waals surface area contributed by atoms with Gasteiger partial charge in [-0.3, -0.25) is 28.8 Å². The molecule has 356 valence electrons. The van der Waals surface area contributed by atoms with E-state index in [4.69, 9.17) is 52.1 Å². The van der Waals surface area contributed by atoms with Crippen molar-refractivity contribution < 1.29 is 95.6 Å². The second kappa shape index (κ2) is 24.2. The number of carbonyl (C=O) groups is 8. The molecule has 2 saturated heterocycles. The highest BCUT2D eigenvalue weighted by molar-refractivity contribution is 8.01. The van der Waals surface area contributed by atoms with E-state index in [1.807, 2.05) is 0 Å². The highest BCUT2D eigenvalue weighted by atomic mass is 32.2. The minimum Gasteiger partial charge on any atom is -0.466 e. The minimum absolute atomic E-state index is 0.426. The Hall–Kier alpha value is -6.21. The van der Waals surface area contributed by atoms with Crippen molar-refractivity contribution in [1.82, 2.24) is 0 Å². The summed E-state index contributed by atoms with van der Waals surface area (Å²) in [5.74, 6) is -11.3. The molecule has 2 aliphatic heterocycles. The van der Waals surface area contributed by atoms with Gasteiger partial charge < -0.3 is 57.2 Å². The van der Waals surface area contributed by atoms with Crippen molar-refractivity contribution in [3.05, 3.63) is 51.2 Å². The fourth-order valence-electron chi connectivity index (χ4n) is 6.98. The number of methoxy groups -OCH3 is 2. The first-order chi connectivity index (χ1) is 30.7. The van der Waals surface area contributed by atoms with Gasteiger partial charge in [-0.2, -0.15) is 0 Å². The third-order valence-electron chi connectivity index (χ3n) is 9.30. The summed E-state index contributed by atoms with van der Waals surface area (Å²) in [6.45, 7) is 3.83. The highest BCUT2D eigenvalue weighted by Crippen LogP contribution is 2.47. The first-order valence-corrected chi connectivity index (χ1v) is 20.1. The van der Waals surface area contributed by atoms with Crippen molar-refractivity contribution in [3.8, 4) is 0 Å². The quantitative estimate of drug-likeness (QED) is 0.0642. The fourth-order valence-corrected chi connectivity index (χ4v) is 8.23. The van der Waals surface area contributed by atoms with Crippen molar-refractivity contribution in [2.45, 2.75) is 131 Å². The number of nitrogens with zero attached hydrogens (tertiary/aromatic N) is 6.